The van der Waals surface area contributed by atoms with Crippen molar-refractivity contribution in [3.8, 4) is 0 Å². The van der Waals surface area contributed by atoms with E-state index in [1.54, 1.807) is 0 Å². The molecule has 320 valence electrons. The second-order valence-electron chi connectivity index (χ2n) is 16.5. The Morgan fingerprint density at radius 1 is 0.519 bits per heavy atom. The largest absolute Gasteiger partial charge is 0.462 e. The highest BCUT2D eigenvalue weighted by Crippen LogP contribution is 2.18. The summed E-state index contributed by atoms with van der Waals surface area (Å²) in [5.74, 6) is -0.475. The van der Waals surface area contributed by atoms with Gasteiger partial charge in [-0.1, -0.05) is 213 Å². The molecular formula is C48H93NO5. The number of hydrogen-bond donors (Lipinski definition) is 3. The molecule has 6 heteroatoms. The summed E-state index contributed by atoms with van der Waals surface area (Å²) in [6.07, 6.45) is 45.6. The molecule has 0 aromatic carbocycles. The minimum Gasteiger partial charge on any atom is -0.462 e. The average molecular weight is 764 g/mol. The number of allylic oxidation sites excluding steroid dienone is 2. The van der Waals surface area contributed by atoms with E-state index in [0.717, 1.165) is 57.8 Å². The second-order valence-corrected chi connectivity index (χ2v) is 16.5. The van der Waals surface area contributed by atoms with Crippen molar-refractivity contribution < 1.29 is 24.5 Å². The number of nitrogens with one attached hydrogen (secondary N) is 1. The SMILES string of the molecule is CCC/C=C\CCCCCCCC(=O)OC(CCCCCCCCCCCC)CC(=O)NC(CO)C(O)CCCCCCCCCCCCCCCCC. The van der Waals surface area contributed by atoms with E-state index in [9.17, 15) is 19.8 Å². The standard InChI is InChI=1S/C48H93NO5/c1-4-7-10-13-16-19-22-23-24-25-26-28-31-34-37-40-46(51)45(43-50)49-47(52)42-44(39-36-33-30-27-20-17-14-11-8-5-2)54-48(53)41-38-35-32-29-21-18-15-12-9-6-3/h12,15,44-46,50-51H,4-11,13-14,16-43H2,1-3H3,(H,49,52)/b15-12-. The number of esters is 1. The lowest BCUT2D eigenvalue weighted by Gasteiger charge is -2.24. The van der Waals surface area contributed by atoms with Gasteiger partial charge in [0.1, 0.15) is 6.10 Å². The summed E-state index contributed by atoms with van der Waals surface area (Å²) in [6.45, 7) is 6.42. The molecule has 0 saturated carbocycles. The minimum absolute atomic E-state index is 0.0803. The van der Waals surface area contributed by atoms with Crippen molar-refractivity contribution in [1.29, 1.82) is 0 Å². The monoisotopic (exact) mass is 764 g/mol. The van der Waals surface area contributed by atoms with E-state index in [-0.39, 0.29) is 24.9 Å². The van der Waals surface area contributed by atoms with Crippen molar-refractivity contribution in [2.75, 3.05) is 6.61 Å². The normalized spacial score (nSPS) is 13.4. The van der Waals surface area contributed by atoms with Gasteiger partial charge in [-0.2, -0.15) is 0 Å². The number of rotatable bonds is 43. The Bertz CT molecular complexity index is 817. The fraction of sp³-hybridized carbons (Fsp3) is 0.917. The van der Waals surface area contributed by atoms with Crippen molar-refractivity contribution in [1.82, 2.24) is 5.32 Å². The Morgan fingerprint density at radius 2 is 0.926 bits per heavy atom. The van der Waals surface area contributed by atoms with Crippen molar-refractivity contribution in [2.45, 2.75) is 277 Å². The highest BCUT2D eigenvalue weighted by atomic mass is 16.5. The minimum atomic E-state index is -0.781. The van der Waals surface area contributed by atoms with E-state index in [1.165, 1.54) is 154 Å². The van der Waals surface area contributed by atoms with Crippen LogP contribution in [0.5, 0.6) is 0 Å². The van der Waals surface area contributed by atoms with E-state index in [2.05, 4.69) is 38.2 Å². The number of amides is 1. The van der Waals surface area contributed by atoms with Crippen LogP contribution in [0.1, 0.15) is 258 Å². The third kappa shape index (κ3) is 37.5. The molecule has 0 bridgehead atoms. The molecule has 0 rings (SSSR count). The number of ether oxygens (including phenoxy) is 1. The smallest absolute Gasteiger partial charge is 0.306 e. The van der Waals surface area contributed by atoms with Gasteiger partial charge in [0.15, 0.2) is 0 Å². The fourth-order valence-electron chi connectivity index (χ4n) is 7.43. The van der Waals surface area contributed by atoms with Crippen LogP contribution in [0.2, 0.25) is 0 Å². The Kier molecular flexibility index (Phi) is 41.6. The van der Waals surface area contributed by atoms with Crippen LogP contribution in [0.3, 0.4) is 0 Å². The van der Waals surface area contributed by atoms with Gasteiger partial charge in [-0.25, -0.2) is 0 Å². The lowest BCUT2D eigenvalue weighted by atomic mass is 10.0. The molecule has 0 aliphatic heterocycles. The zero-order valence-corrected chi connectivity index (χ0v) is 36.4. The zero-order valence-electron chi connectivity index (χ0n) is 36.4. The van der Waals surface area contributed by atoms with E-state index in [1.807, 2.05) is 0 Å². The van der Waals surface area contributed by atoms with Crippen molar-refractivity contribution in [2.24, 2.45) is 0 Å². The van der Waals surface area contributed by atoms with Gasteiger partial charge in [0.25, 0.3) is 0 Å². The van der Waals surface area contributed by atoms with Gasteiger partial charge in [-0.15, -0.1) is 0 Å². The van der Waals surface area contributed by atoms with Gasteiger partial charge in [-0.3, -0.25) is 9.59 Å². The van der Waals surface area contributed by atoms with Crippen LogP contribution < -0.4 is 5.32 Å². The Morgan fingerprint density at radius 3 is 1.39 bits per heavy atom. The molecule has 0 saturated heterocycles. The molecule has 3 unspecified atom stereocenters. The molecule has 6 nitrogen and oxygen atoms in total. The average Bonchev–Trinajstić information content (AvgIpc) is 3.16. The Balaban J connectivity index is 4.46. The van der Waals surface area contributed by atoms with Crippen LogP contribution in [0.4, 0.5) is 0 Å². The summed E-state index contributed by atoms with van der Waals surface area (Å²) in [5.41, 5.74) is 0. The molecule has 54 heavy (non-hydrogen) atoms. The first-order valence-electron chi connectivity index (χ1n) is 23.9. The summed E-state index contributed by atoms with van der Waals surface area (Å²) >= 11 is 0. The zero-order chi connectivity index (χ0) is 39.6. The lowest BCUT2D eigenvalue weighted by Crippen LogP contribution is -2.46. The van der Waals surface area contributed by atoms with Crippen molar-refractivity contribution in [3.05, 3.63) is 12.2 Å². The number of hydrogen-bond acceptors (Lipinski definition) is 5. The number of carbonyl (C=O) groups is 2. The summed E-state index contributed by atoms with van der Waals surface area (Å²) in [7, 11) is 0. The molecule has 0 radical (unpaired) electrons. The molecule has 3 atom stereocenters. The van der Waals surface area contributed by atoms with E-state index in [4.69, 9.17) is 4.74 Å². The lowest BCUT2D eigenvalue weighted by molar-refractivity contribution is -0.151. The summed E-state index contributed by atoms with van der Waals surface area (Å²) < 4.78 is 5.89. The molecule has 0 fully saturated rings. The van der Waals surface area contributed by atoms with Crippen molar-refractivity contribution >= 4 is 11.9 Å². The molecule has 0 aliphatic carbocycles. The van der Waals surface area contributed by atoms with Gasteiger partial charge >= 0.3 is 5.97 Å². The van der Waals surface area contributed by atoms with Gasteiger partial charge in [-0.05, 0) is 44.9 Å². The fourth-order valence-corrected chi connectivity index (χ4v) is 7.43. The van der Waals surface area contributed by atoms with Crippen LogP contribution in [-0.2, 0) is 14.3 Å². The Labute approximate surface area is 336 Å². The topological polar surface area (TPSA) is 95.9 Å². The first-order valence-corrected chi connectivity index (χ1v) is 23.9. The molecule has 0 heterocycles. The summed E-state index contributed by atoms with van der Waals surface area (Å²) in [4.78, 5) is 25.9. The van der Waals surface area contributed by atoms with E-state index in [0.29, 0.717) is 19.3 Å². The molecule has 0 aliphatic rings. The number of unbranched alkanes of at least 4 members (excludes halogenated alkanes) is 29. The highest BCUT2D eigenvalue weighted by Gasteiger charge is 2.24. The first kappa shape index (κ1) is 52.6. The van der Waals surface area contributed by atoms with Crippen LogP contribution in [0.15, 0.2) is 12.2 Å². The number of aliphatic hydroxyl groups is 2. The maximum absolute atomic E-state index is 13.1. The number of carbonyl (C=O) groups excluding carboxylic acids is 2. The molecule has 3 N–H and O–H groups in total. The van der Waals surface area contributed by atoms with Crippen LogP contribution >= 0.6 is 0 Å². The van der Waals surface area contributed by atoms with Gasteiger partial charge in [0.2, 0.25) is 5.91 Å². The molecule has 1 amide bonds. The molecule has 0 spiro atoms. The Hall–Kier alpha value is -1.40. The predicted octanol–water partition coefficient (Wildman–Crippen LogP) is 13.8. The molecular weight excluding hydrogens is 671 g/mol. The van der Waals surface area contributed by atoms with Crippen LogP contribution in [0, 0.1) is 0 Å². The van der Waals surface area contributed by atoms with Crippen LogP contribution in [0.25, 0.3) is 0 Å². The van der Waals surface area contributed by atoms with Crippen LogP contribution in [-0.4, -0.2) is 46.9 Å². The maximum atomic E-state index is 13.1. The summed E-state index contributed by atoms with van der Waals surface area (Å²) in [5, 5.41) is 23.7. The van der Waals surface area contributed by atoms with Crippen molar-refractivity contribution in [3.63, 3.8) is 0 Å². The maximum Gasteiger partial charge on any atom is 0.306 e. The van der Waals surface area contributed by atoms with E-state index < -0.39 is 18.2 Å². The van der Waals surface area contributed by atoms with Gasteiger partial charge < -0.3 is 20.3 Å². The van der Waals surface area contributed by atoms with E-state index >= 15 is 0 Å². The highest BCUT2D eigenvalue weighted by molar-refractivity contribution is 5.77. The number of aliphatic hydroxyl groups excluding tert-OH is 2. The van der Waals surface area contributed by atoms with Gasteiger partial charge in [0.05, 0.1) is 25.2 Å². The second kappa shape index (κ2) is 42.7. The molecule has 0 aromatic heterocycles. The van der Waals surface area contributed by atoms with Gasteiger partial charge in [0, 0.05) is 6.42 Å². The quantitative estimate of drug-likeness (QED) is 0.0326. The summed E-state index contributed by atoms with van der Waals surface area (Å²) in [6, 6.07) is -0.694. The third-order valence-electron chi connectivity index (χ3n) is 11.1. The predicted molar refractivity (Wildman–Crippen MR) is 232 cm³/mol. The first-order chi connectivity index (χ1) is 26.5. The molecule has 0 aromatic rings. The third-order valence-corrected chi connectivity index (χ3v) is 11.1.